The van der Waals surface area contributed by atoms with Gasteiger partial charge in [0.1, 0.15) is 12.1 Å². The van der Waals surface area contributed by atoms with E-state index < -0.39 is 18.7 Å². The second-order valence-corrected chi connectivity index (χ2v) is 7.14. The number of benzene rings is 2. The number of aromatic carboxylic acids is 1. The van der Waals surface area contributed by atoms with Crippen LogP contribution in [0, 0.1) is 6.92 Å². The highest BCUT2D eigenvalue weighted by molar-refractivity contribution is 5.90. The molecule has 0 fully saturated rings. The minimum absolute atomic E-state index is 0.00673. The van der Waals surface area contributed by atoms with Gasteiger partial charge in [0, 0.05) is 12.0 Å². The third-order valence-corrected chi connectivity index (χ3v) is 4.93. The predicted octanol–water partition coefficient (Wildman–Crippen LogP) is 3.89. The molecule has 4 rings (SSSR count). The monoisotopic (exact) mass is 442 g/mol. The number of aromatic nitrogens is 6. The molecule has 11 heteroatoms. The number of nitrogens with one attached hydrogen (secondary N) is 1. The number of aromatic amines is 1. The molecule has 0 amide bonds. The van der Waals surface area contributed by atoms with Crippen LogP contribution in [0.1, 0.15) is 27.3 Å². The van der Waals surface area contributed by atoms with Crippen LogP contribution < -0.4 is 0 Å². The van der Waals surface area contributed by atoms with Crippen molar-refractivity contribution in [3.63, 3.8) is 0 Å². The molecular formula is C21H17F3N6O2. The van der Waals surface area contributed by atoms with Gasteiger partial charge in [-0.2, -0.15) is 23.5 Å². The lowest BCUT2D eigenvalue weighted by Crippen LogP contribution is -2.21. The predicted molar refractivity (Wildman–Crippen MR) is 108 cm³/mol. The SMILES string of the molecule is Cc1nn(CC(F)(F)F)c(Cc2ccc(-c3ccccc3-c3nn[nH]n3)cc2)c1C(=O)O. The van der Waals surface area contributed by atoms with Gasteiger partial charge < -0.3 is 5.11 Å². The number of rotatable bonds is 6. The summed E-state index contributed by atoms with van der Waals surface area (Å²) in [5, 5.41) is 27.3. The summed E-state index contributed by atoms with van der Waals surface area (Å²) in [4.78, 5) is 11.6. The van der Waals surface area contributed by atoms with Crippen molar-refractivity contribution >= 4 is 5.97 Å². The first-order chi connectivity index (χ1) is 15.2. The standard InChI is InChI=1S/C21H17F3N6O2/c1-12-18(20(31)32)17(30(27-12)11-21(22,23)24)10-13-6-8-14(9-7-13)15-4-2-3-5-16(15)19-25-28-29-26-19/h2-9H,10-11H2,1H3,(H,31,32)(H,25,26,28,29). The topological polar surface area (TPSA) is 110 Å². The van der Waals surface area contributed by atoms with Gasteiger partial charge >= 0.3 is 12.1 Å². The van der Waals surface area contributed by atoms with Crippen LogP contribution in [0.5, 0.6) is 0 Å². The molecule has 164 valence electrons. The smallest absolute Gasteiger partial charge is 0.408 e. The summed E-state index contributed by atoms with van der Waals surface area (Å²) in [6.45, 7) is 0.0322. The molecule has 0 saturated carbocycles. The van der Waals surface area contributed by atoms with E-state index in [2.05, 4.69) is 25.7 Å². The zero-order valence-corrected chi connectivity index (χ0v) is 16.8. The average molecular weight is 442 g/mol. The van der Waals surface area contributed by atoms with Crippen molar-refractivity contribution in [3.05, 3.63) is 71.0 Å². The van der Waals surface area contributed by atoms with Crippen LogP contribution in [-0.4, -0.2) is 47.7 Å². The number of carbonyl (C=O) groups is 1. The Morgan fingerprint density at radius 3 is 2.38 bits per heavy atom. The van der Waals surface area contributed by atoms with E-state index in [9.17, 15) is 23.1 Å². The van der Waals surface area contributed by atoms with E-state index >= 15 is 0 Å². The minimum atomic E-state index is -4.52. The lowest BCUT2D eigenvalue weighted by atomic mass is 9.97. The van der Waals surface area contributed by atoms with Gasteiger partial charge in [-0.25, -0.2) is 4.79 Å². The molecule has 0 unspecified atom stereocenters. The third kappa shape index (κ3) is 4.36. The number of carboxylic acids is 1. The van der Waals surface area contributed by atoms with Crippen molar-refractivity contribution in [2.45, 2.75) is 26.1 Å². The highest BCUT2D eigenvalue weighted by Crippen LogP contribution is 2.30. The summed E-state index contributed by atoms with van der Waals surface area (Å²) in [5.74, 6) is -0.876. The molecule has 0 spiro atoms. The van der Waals surface area contributed by atoms with Gasteiger partial charge in [-0.05, 0) is 28.8 Å². The number of H-pyrrole nitrogens is 1. The molecule has 0 aliphatic heterocycles. The molecule has 0 saturated heterocycles. The summed E-state index contributed by atoms with van der Waals surface area (Å²) in [7, 11) is 0. The lowest BCUT2D eigenvalue weighted by molar-refractivity contribution is -0.143. The molecular weight excluding hydrogens is 425 g/mol. The van der Waals surface area contributed by atoms with Gasteiger partial charge in [-0.3, -0.25) is 4.68 Å². The maximum atomic E-state index is 13.0. The first-order valence-corrected chi connectivity index (χ1v) is 9.51. The summed E-state index contributed by atoms with van der Waals surface area (Å²) in [6, 6.07) is 14.6. The van der Waals surface area contributed by atoms with E-state index in [1.54, 1.807) is 12.1 Å². The zero-order chi connectivity index (χ0) is 22.9. The fraction of sp³-hybridized carbons (Fsp3) is 0.190. The number of alkyl halides is 3. The van der Waals surface area contributed by atoms with Crippen molar-refractivity contribution < 1.29 is 23.1 Å². The quantitative estimate of drug-likeness (QED) is 0.469. The lowest BCUT2D eigenvalue weighted by Gasteiger charge is -2.12. The number of carboxylic acid groups (broad SMARTS) is 1. The summed E-state index contributed by atoms with van der Waals surface area (Å²) in [6.07, 6.45) is -4.53. The van der Waals surface area contributed by atoms with Gasteiger partial charge in [-0.1, -0.05) is 48.5 Å². The van der Waals surface area contributed by atoms with Gasteiger partial charge in [0.15, 0.2) is 0 Å². The van der Waals surface area contributed by atoms with E-state index in [-0.39, 0.29) is 23.4 Å². The minimum Gasteiger partial charge on any atom is -0.478 e. The van der Waals surface area contributed by atoms with Gasteiger partial charge in [0.05, 0.1) is 11.4 Å². The van der Waals surface area contributed by atoms with Crippen LogP contribution in [0.3, 0.4) is 0 Å². The zero-order valence-electron chi connectivity index (χ0n) is 16.8. The Kier molecular flexibility index (Phi) is 5.47. The first-order valence-electron chi connectivity index (χ1n) is 9.51. The van der Waals surface area contributed by atoms with Gasteiger partial charge in [-0.15, -0.1) is 10.2 Å². The molecule has 0 bridgehead atoms. The van der Waals surface area contributed by atoms with Crippen LogP contribution in [0.25, 0.3) is 22.5 Å². The highest BCUT2D eigenvalue weighted by atomic mass is 19.4. The Morgan fingerprint density at radius 1 is 1.09 bits per heavy atom. The van der Waals surface area contributed by atoms with Gasteiger partial charge in [0.25, 0.3) is 0 Å². The molecule has 2 aromatic heterocycles. The summed E-state index contributed by atoms with van der Waals surface area (Å²) >= 11 is 0. The van der Waals surface area contributed by atoms with Crippen LogP contribution >= 0.6 is 0 Å². The fourth-order valence-electron chi connectivity index (χ4n) is 3.59. The average Bonchev–Trinajstić information content (AvgIpc) is 3.36. The molecule has 0 aliphatic carbocycles. The number of hydrogen-bond acceptors (Lipinski definition) is 5. The first kappa shape index (κ1) is 21.2. The fourth-order valence-corrected chi connectivity index (χ4v) is 3.59. The van der Waals surface area contributed by atoms with Crippen molar-refractivity contribution in [2.75, 3.05) is 0 Å². The van der Waals surface area contributed by atoms with Crippen LogP contribution in [0.2, 0.25) is 0 Å². The maximum Gasteiger partial charge on any atom is 0.408 e. The van der Waals surface area contributed by atoms with Crippen LogP contribution in [0.15, 0.2) is 48.5 Å². The Labute approximate surface area is 179 Å². The van der Waals surface area contributed by atoms with E-state index in [1.807, 2.05) is 36.4 Å². The van der Waals surface area contributed by atoms with E-state index in [0.29, 0.717) is 11.4 Å². The van der Waals surface area contributed by atoms with Crippen molar-refractivity contribution in [3.8, 4) is 22.5 Å². The molecule has 2 N–H and O–H groups in total. The molecule has 4 aromatic rings. The number of aryl methyl sites for hydroxylation is 1. The van der Waals surface area contributed by atoms with Crippen molar-refractivity contribution in [2.24, 2.45) is 0 Å². The van der Waals surface area contributed by atoms with Gasteiger partial charge in [0.2, 0.25) is 5.82 Å². The Morgan fingerprint density at radius 2 is 1.78 bits per heavy atom. The molecule has 2 heterocycles. The maximum absolute atomic E-state index is 13.0. The Bertz CT molecular complexity index is 1250. The second kappa shape index (κ2) is 8.25. The number of nitrogens with zero attached hydrogens (tertiary/aromatic N) is 5. The van der Waals surface area contributed by atoms with Crippen molar-refractivity contribution in [1.29, 1.82) is 0 Å². The third-order valence-electron chi connectivity index (χ3n) is 4.93. The Balaban J connectivity index is 1.67. The van der Waals surface area contributed by atoms with Crippen LogP contribution in [-0.2, 0) is 13.0 Å². The molecule has 32 heavy (non-hydrogen) atoms. The number of tetrazole rings is 1. The van der Waals surface area contributed by atoms with E-state index in [0.717, 1.165) is 21.4 Å². The van der Waals surface area contributed by atoms with E-state index in [1.165, 1.54) is 6.92 Å². The van der Waals surface area contributed by atoms with Crippen LogP contribution in [0.4, 0.5) is 13.2 Å². The molecule has 0 radical (unpaired) electrons. The molecule has 2 aromatic carbocycles. The van der Waals surface area contributed by atoms with Crippen molar-refractivity contribution in [1.82, 2.24) is 30.4 Å². The second-order valence-electron chi connectivity index (χ2n) is 7.14. The highest BCUT2D eigenvalue weighted by Gasteiger charge is 2.32. The molecule has 0 aliphatic rings. The van der Waals surface area contributed by atoms with E-state index in [4.69, 9.17) is 0 Å². The molecule has 0 atom stereocenters. The largest absolute Gasteiger partial charge is 0.478 e. The molecule has 8 nitrogen and oxygen atoms in total. The Hall–Kier alpha value is -4.02. The summed E-state index contributed by atoms with van der Waals surface area (Å²) < 4.78 is 39.6. The number of halogens is 3. The number of hydrogen-bond donors (Lipinski definition) is 2. The summed E-state index contributed by atoms with van der Waals surface area (Å²) in [5.41, 5.74) is 2.95. The normalized spacial score (nSPS) is 11.6.